The Hall–Kier alpha value is -2.12. The first-order valence-corrected chi connectivity index (χ1v) is 7.63. The Labute approximate surface area is 147 Å². The van der Waals surface area contributed by atoms with E-state index in [0.29, 0.717) is 5.56 Å². The van der Waals surface area contributed by atoms with Crippen molar-refractivity contribution in [2.75, 3.05) is 18.9 Å². The molecular formula is C17H15ClF4N2O. The molecule has 0 saturated heterocycles. The third-order valence-corrected chi connectivity index (χ3v) is 3.73. The fourth-order valence-corrected chi connectivity index (χ4v) is 2.50. The molecule has 0 bridgehead atoms. The zero-order chi connectivity index (χ0) is 18.6. The number of amides is 1. The Morgan fingerprint density at radius 2 is 1.88 bits per heavy atom. The lowest BCUT2D eigenvalue weighted by Crippen LogP contribution is -2.30. The number of nitrogens with zero attached hydrogens (tertiary/aromatic N) is 1. The summed E-state index contributed by atoms with van der Waals surface area (Å²) in [5.74, 6) is -1.07. The molecule has 0 unspecified atom stereocenters. The van der Waals surface area contributed by atoms with Crippen molar-refractivity contribution in [2.45, 2.75) is 12.7 Å². The first kappa shape index (κ1) is 19.2. The van der Waals surface area contributed by atoms with Gasteiger partial charge < -0.3 is 5.32 Å². The van der Waals surface area contributed by atoms with Crippen molar-refractivity contribution in [1.82, 2.24) is 4.90 Å². The number of para-hydroxylation sites is 1. The lowest BCUT2D eigenvalue weighted by molar-refractivity contribution is -0.137. The minimum Gasteiger partial charge on any atom is -0.324 e. The standard InChI is InChI=1S/C17H15ClF4N2O/c1-24(9-11-6-7-12(19)8-14(11)18)10-16(25)23-15-5-3-2-4-13(15)17(20,21)22/h2-8H,9-10H2,1H3,(H,23,25). The number of nitrogens with one attached hydrogen (secondary N) is 1. The van der Waals surface area contributed by atoms with E-state index in [2.05, 4.69) is 5.32 Å². The first-order valence-electron chi connectivity index (χ1n) is 7.25. The molecule has 1 N–H and O–H groups in total. The normalized spacial score (nSPS) is 11.6. The number of carbonyl (C=O) groups is 1. The highest BCUT2D eigenvalue weighted by molar-refractivity contribution is 6.31. The van der Waals surface area contributed by atoms with E-state index in [1.54, 1.807) is 11.9 Å². The van der Waals surface area contributed by atoms with Crippen LogP contribution in [0.4, 0.5) is 23.2 Å². The third kappa shape index (κ3) is 5.44. The molecule has 8 heteroatoms. The summed E-state index contributed by atoms with van der Waals surface area (Å²) in [4.78, 5) is 13.6. The van der Waals surface area contributed by atoms with Crippen molar-refractivity contribution in [3.63, 3.8) is 0 Å². The van der Waals surface area contributed by atoms with E-state index in [-0.39, 0.29) is 23.8 Å². The van der Waals surface area contributed by atoms with Crippen LogP contribution in [0.1, 0.15) is 11.1 Å². The van der Waals surface area contributed by atoms with Gasteiger partial charge in [0.2, 0.25) is 5.91 Å². The Balaban J connectivity index is 2.01. The number of alkyl halides is 3. The maximum absolute atomic E-state index is 13.0. The Bertz CT molecular complexity index is 765. The van der Waals surface area contributed by atoms with Crippen molar-refractivity contribution in [3.8, 4) is 0 Å². The SMILES string of the molecule is CN(CC(=O)Nc1ccccc1C(F)(F)F)Cc1ccc(F)cc1Cl. The molecule has 0 spiro atoms. The third-order valence-electron chi connectivity index (χ3n) is 3.38. The maximum Gasteiger partial charge on any atom is 0.418 e. The Morgan fingerprint density at radius 1 is 1.20 bits per heavy atom. The molecule has 0 saturated carbocycles. The van der Waals surface area contributed by atoms with E-state index in [0.717, 1.165) is 12.1 Å². The molecule has 1 amide bonds. The van der Waals surface area contributed by atoms with Gasteiger partial charge in [-0.15, -0.1) is 0 Å². The van der Waals surface area contributed by atoms with Crippen LogP contribution in [0.5, 0.6) is 0 Å². The molecule has 25 heavy (non-hydrogen) atoms. The molecule has 0 fully saturated rings. The van der Waals surface area contributed by atoms with Crippen LogP contribution in [-0.4, -0.2) is 24.4 Å². The van der Waals surface area contributed by atoms with Crippen molar-refractivity contribution in [2.24, 2.45) is 0 Å². The van der Waals surface area contributed by atoms with Gasteiger partial charge in [0.25, 0.3) is 0 Å². The summed E-state index contributed by atoms with van der Waals surface area (Å²) < 4.78 is 51.8. The minimum atomic E-state index is -4.56. The lowest BCUT2D eigenvalue weighted by Gasteiger charge is -2.18. The number of rotatable bonds is 5. The zero-order valence-electron chi connectivity index (χ0n) is 13.2. The number of benzene rings is 2. The van der Waals surface area contributed by atoms with Gasteiger partial charge in [-0.05, 0) is 36.9 Å². The van der Waals surface area contributed by atoms with Gasteiger partial charge in [-0.1, -0.05) is 29.8 Å². The average Bonchev–Trinajstić information content (AvgIpc) is 2.49. The van der Waals surface area contributed by atoms with Gasteiger partial charge >= 0.3 is 6.18 Å². The smallest absolute Gasteiger partial charge is 0.324 e. The van der Waals surface area contributed by atoms with Crippen molar-refractivity contribution in [1.29, 1.82) is 0 Å². The Morgan fingerprint density at radius 3 is 2.52 bits per heavy atom. The van der Waals surface area contributed by atoms with E-state index in [9.17, 15) is 22.4 Å². The molecule has 0 atom stereocenters. The summed E-state index contributed by atoms with van der Waals surface area (Å²) >= 11 is 5.92. The minimum absolute atomic E-state index is 0.153. The van der Waals surface area contributed by atoms with Crippen LogP contribution in [0, 0.1) is 5.82 Å². The number of hydrogen-bond donors (Lipinski definition) is 1. The van der Waals surface area contributed by atoms with Crippen LogP contribution in [0.25, 0.3) is 0 Å². The van der Waals surface area contributed by atoms with Gasteiger partial charge in [0.05, 0.1) is 17.8 Å². The fourth-order valence-electron chi connectivity index (χ4n) is 2.27. The first-order chi connectivity index (χ1) is 11.7. The molecule has 0 aliphatic rings. The number of likely N-dealkylation sites (N-methyl/N-ethyl adjacent to an activating group) is 1. The van der Waals surface area contributed by atoms with Crippen LogP contribution in [0.2, 0.25) is 5.02 Å². The zero-order valence-corrected chi connectivity index (χ0v) is 14.0. The summed E-state index contributed by atoms with van der Waals surface area (Å²) in [7, 11) is 1.61. The number of carbonyl (C=O) groups excluding carboxylic acids is 1. The highest BCUT2D eigenvalue weighted by atomic mass is 35.5. The Kier molecular flexibility index (Phi) is 6.02. The van der Waals surface area contributed by atoms with E-state index < -0.39 is 23.5 Å². The van der Waals surface area contributed by atoms with E-state index in [1.807, 2.05) is 0 Å². The summed E-state index contributed by atoms with van der Waals surface area (Å²) in [6.07, 6.45) is -4.56. The van der Waals surface area contributed by atoms with E-state index >= 15 is 0 Å². The average molecular weight is 375 g/mol. The van der Waals surface area contributed by atoms with Crippen LogP contribution >= 0.6 is 11.6 Å². The van der Waals surface area contributed by atoms with Gasteiger partial charge in [0.1, 0.15) is 5.82 Å². The van der Waals surface area contributed by atoms with Gasteiger partial charge in [-0.3, -0.25) is 9.69 Å². The second kappa shape index (κ2) is 7.84. The molecule has 0 radical (unpaired) electrons. The topological polar surface area (TPSA) is 32.3 Å². The molecular weight excluding hydrogens is 360 g/mol. The fraction of sp³-hybridized carbons (Fsp3) is 0.235. The van der Waals surface area contributed by atoms with Gasteiger partial charge in [0, 0.05) is 11.6 Å². The quantitative estimate of drug-likeness (QED) is 0.778. The lowest BCUT2D eigenvalue weighted by atomic mass is 10.1. The van der Waals surface area contributed by atoms with Crippen LogP contribution < -0.4 is 5.32 Å². The number of anilines is 1. The van der Waals surface area contributed by atoms with Crippen molar-refractivity contribution < 1.29 is 22.4 Å². The molecule has 0 heterocycles. The van der Waals surface area contributed by atoms with E-state index in [1.165, 1.54) is 30.3 Å². The monoisotopic (exact) mass is 374 g/mol. The van der Waals surface area contributed by atoms with Gasteiger partial charge in [-0.25, -0.2) is 4.39 Å². The number of halogens is 5. The molecule has 2 rings (SSSR count). The van der Waals surface area contributed by atoms with Crippen LogP contribution in [-0.2, 0) is 17.5 Å². The largest absolute Gasteiger partial charge is 0.418 e. The van der Waals surface area contributed by atoms with Gasteiger partial charge in [-0.2, -0.15) is 13.2 Å². The molecule has 3 nitrogen and oxygen atoms in total. The second-order valence-electron chi connectivity index (χ2n) is 5.50. The van der Waals surface area contributed by atoms with E-state index in [4.69, 9.17) is 11.6 Å². The molecule has 134 valence electrons. The second-order valence-corrected chi connectivity index (χ2v) is 5.91. The molecule has 0 aromatic heterocycles. The molecule has 0 aliphatic heterocycles. The highest BCUT2D eigenvalue weighted by Crippen LogP contribution is 2.34. The van der Waals surface area contributed by atoms with Crippen molar-refractivity contribution >= 4 is 23.2 Å². The summed E-state index contributed by atoms with van der Waals surface area (Å²) in [5.41, 5.74) is -0.602. The highest BCUT2D eigenvalue weighted by Gasteiger charge is 2.33. The van der Waals surface area contributed by atoms with Crippen molar-refractivity contribution in [3.05, 3.63) is 64.4 Å². The van der Waals surface area contributed by atoms with Gasteiger partial charge in [0.15, 0.2) is 0 Å². The molecule has 2 aromatic rings. The molecule has 0 aliphatic carbocycles. The predicted octanol–water partition coefficient (Wildman–Crippen LogP) is 4.57. The predicted molar refractivity (Wildman–Crippen MR) is 87.8 cm³/mol. The number of hydrogen-bond acceptors (Lipinski definition) is 2. The maximum atomic E-state index is 13.0. The summed E-state index contributed by atoms with van der Waals surface area (Å²) in [6.45, 7) is 0.0906. The summed E-state index contributed by atoms with van der Waals surface area (Å²) in [6, 6.07) is 8.65. The molecule has 2 aromatic carbocycles. The summed E-state index contributed by atoms with van der Waals surface area (Å²) in [5, 5.41) is 2.48. The van der Waals surface area contributed by atoms with Crippen LogP contribution in [0.3, 0.4) is 0 Å². The van der Waals surface area contributed by atoms with Crippen LogP contribution in [0.15, 0.2) is 42.5 Å².